The number of carbonyl (C=O) groups is 2. The number of hydrogen-bond donors (Lipinski definition) is 2. The minimum absolute atomic E-state index is 0.105. The van der Waals surface area contributed by atoms with Crippen molar-refractivity contribution in [3.63, 3.8) is 0 Å². The van der Waals surface area contributed by atoms with Gasteiger partial charge in [0, 0.05) is 43.4 Å². The lowest BCUT2D eigenvalue weighted by atomic mass is 10.1. The maximum atomic E-state index is 12.8. The Morgan fingerprint density at radius 1 is 1.18 bits per heavy atom. The van der Waals surface area contributed by atoms with Gasteiger partial charge in [0.15, 0.2) is 0 Å². The summed E-state index contributed by atoms with van der Waals surface area (Å²) in [6.45, 7) is 4.92. The first-order valence-corrected chi connectivity index (χ1v) is 10.4. The summed E-state index contributed by atoms with van der Waals surface area (Å²) in [7, 11) is 0. The zero-order valence-electron chi connectivity index (χ0n) is 15.9. The molecule has 0 unspecified atom stereocenters. The molecule has 28 heavy (non-hydrogen) atoms. The van der Waals surface area contributed by atoms with Gasteiger partial charge in [0.25, 0.3) is 5.91 Å². The molecule has 3 heterocycles. The van der Waals surface area contributed by atoms with Gasteiger partial charge in [0.05, 0.1) is 11.6 Å². The van der Waals surface area contributed by atoms with Gasteiger partial charge in [-0.25, -0.2) is 9.97 Å². The molecule has 1 fully saturated rings. The van der Waals surface area contributed by atoms with E-state index in [0.29, 0.717) is 10.6 Å². The van der Waals surface area contributed by atoms with Crippen molar-refractivity contribution < 1.29 is 9.59 Å². The van der Waals surface area contributed by atoms with Gasteiger partial charge in [-0.05, 0) is 37.8 Å². The first kappa shape index (κ1) is 18.8. The van der Waals surface area contributed by atoms with E-state index in [9.17, 15) is 9.59 Å². The first-order valence-electron chi connectivity index (χ1n) is 9.56. The average molecular weight is 401 g/mol. The second-order valence-corrected chi connectivity index (χ2v) is 8.27. The lowest BCUT2D eigenvalue weighted by Gasteiger charge is -2.37. The fourth-order valence-corrected chi connectivity index (χ4v) is 5.20. The lowest BCUT2D eigenvalue weighted by Crippen LogP contribution is -2.53. The summed E-state index contributed by atoms with van der Waals surface area (Å²) in [4.78, 5) is 38.8. The number of thiophene rings is 1. The number of nitrogens with zero attached hydrogens (tertiary/aromatic N) is 4. The number of nitrogens with one attached hydrogen (secondary N) is 1. The summed E-state index contributed by atoms with van der Waals surface area (Å²) >= 11 is 1.49. The number of carbonyl (C=O) groups excluding carboxylic acids is 2. The molecule has 1 atom stereocenters. The standard InChI is InChI=1S/C19H24N6O2S/c1-12(24-8-10-25(11-9-24)19-21-6-3-7-22-19)17(27)23-18-15(16(20)26)13-4-2-5-14(13)28-18/h3,6-7,12H,2,4-5,8-11H2,1H3,(H2,20,26)(H,23,27)/t12-/m0/s1. The van der Waals surface area contributed by atoms with E-state index in [4.69, 9.17) is 5.73 Å². The van der Waals surface area contributed by atoms with Gasteiger partial charge in [0.2, 0.25) is 11.9 Å². The van der Waals surface area contributed by atoms with Crippen LogP contribution in [0.15, 0.2) is 18.5 Å². The number of piperazine rings is 1. The minimum atomic E-state index is -0.459. The van der Waals surface area contributed by atoms with Gasteiger partial charge in [0.1, 0.15) is 5.00 Å². The topological polar surface area (TPSA) is 104 Å². The van der Waals surface area contributed by atoms with Gasteiger partial charge in [-0.3, -0.25) is 14.5 Å². The first-order chi connectivity index (χ1) is 13.5. The highest BCUT2D eigenvalue weighted by atomic mass is 32.1. The third-order valence-electron chi connectivity index (χ3n) is 5.48. The largest absolute Gasteiger partial charge is 0.365 e. The number of hydrogen-bond acceptors (Lipinski definition) is 7. The number of aromatic nitrogens is 2. The molecule has 1 saturated heterocycles. The van der Waals surface area contributed by atoms with Gasteiger partial charge in [-0.15, -0.1) is 11.3 Å². The van der Waals surface area contributed by atoms with Crippen molar-refractivity contribution in [2.24, 2.45) is 5.73 Å². The Hall–Kier alpha value is -2.52. The minimum Gasteiger partial charge on any atom is -0.365 e. The van der Waals surface area contributed by atoms with Crippen LogP contribution in [0.2, 0.25) is 0 Å². The molecule has 0 radical (unpaired) electrons. The molecular formula is C19H24N6O2S. The summed E-state index contributed by atoms with van der Waals surface area (Å²) in [6, 6.07) is 1.50. The molecule has 3 N–H and O–H groups in total. The van der Waals surface area contributed by atoms with E-state index < -0.39 is 5.91 Å². The second-order valence-electron chi connectivity index (χ2n) is 7.16. The van der Waals surface area contributed by atoms with E-state index in [1.165, 1.54) is 16.2 Å². The lowest BCUT2D eigenvalue weighted by molar-refractivity contribution is -0.120. The Morgan fingerprint density at radius 2 is 1.89 bits per heavy atom. The smallest absolute Gasteiger partial charge is 0.251 e. The highest BCUT2D eigenvalue weighted by Crippen LogP contribution is 2.38. The number of anilines is 2. The normalized spacial score (nSPS) is 18.0. The third-order valence-corrected chi connectivity index (χ3v) is 6.69. The number of aryl methyl sites for hydroxylation is 1. The van der Waals surface area contributed by atoms with Gasteiger partial charge < -0.3 is 16.0 Å². The van der Waals surface area contributed by atoms with Gasteiger partial charge >= 0.3 is 0 Å². The van der Waals surface area contributed by atoms with E-state index in [1.54, 1.807) is 18.5 Å². The summed E-state index contributed by atoms with van der Waals surface area (Å²) in [5, 5.41) is 3.56. The van der Waals surface area contributed by atoms with Crippen LogP contribution >= 0.6 is 11.3 Å². The quantitative estimate of drug-likeness (QED) is 0.783. The second kappa shape index (κ2) is 7.84. The highest BCUT2D eigenvalue weighted by molar-refractivity contribution is 7.17. The van der Waals surface area contributed by atoms with Crippen molar-refractivity contribution in [1.82, 2.24) is 14.9 Å². The summed E-state index contributed by atoms with van der Waals surface area (Å²) < 4.78 is 0. The average Bonchev–Trinajstić information content (AvgIpc) is 3.28. The molecule has 0 saturated carbocycles. The van der Waals surface area contributed by atoms with Crippen LogP contribution in [0, 0.1) is 0 Å². The van der Waals surface area contributed by atoms with Crippen molar-refractivity contribution in [3.8, 4) is 0 Å². The Kier molecular flexibility index (Phi) is 5.27. The molecule has 1 aliphatic heterocycles. The molecule has 148 valence electrons. The highest BCUT2D eigenvalue weighted by Gasteiger charge is 2.30. The Labute approximate surface area is 167 Å². The molecule has 0 spiro atoms. The van der Waals surface area contributed by atoms with Crippen LogP contribution in [0.1, 0.15) is 34.1 Å². The van der Waals surface area contributed by atoms with E-state index in [2.05, 4.69) is 25.1 Å². The number of rotatable bonds is 5. The van der Waals surface area contributed by atoms with E-state index >= 15 is 0 Å². The molecule has 1 aliphatic carbocycles. The number of primary amides is 1. The van der Waals surface area contributed by atoms with Crippen LogP contribution < -0.4 is 16.0 Å². The van der Waals surface area contributed by atoms with Crippen LogP contribution in [-0.2, 0) is 17.6 Å². The third kappa shape index (κ3) is 3.59. The van der Waals surface area contributed by atoms with Crippen LogP contribution in [0.25, 0.3) is 0 Å². The number of fused-ring (bicyclic) bond motifs is 1. The fraction of sp³-hybridized carbons (Fsp3) is 0.474. The number of amides is 2. The van der Waals surface area contributed by atoms with Crippen molar-refractivity contribution >= 4 is 34.1 Å². The summed E-state index contributed by atoms with van der Waals surface area (Å²) in [5.41, 5.74) is 7.11. The van der Waals surface area contributed by atoms with Crippen molar-refractivity contribution in [2.75, 3.05) is 36.4 Å². The molecule has 9 heteroatoms. The van der Waals surface area contributed by atoms with Gasteiger partial charge in [-0.2, -0.15) is 0 Å². The van der Waals surface area contributed by atoms with E-state index in [-0.39, 0.29) is 11.9 Å². The van der Waals surface area contributed by atoms with Crippen LogP contribution in [0.3, 0.4) is 0 Å². The zero-order valence-corrected chi connectivity index (χ0v) is 16.7. The van der Waals surface area contributed by atoms with Crippen LogP contribution in [0.5, 0.6) is 0 Å². The summed E-state index contributed by atoms with van der Waals surface area (Å²) in [6.07, 6.45) is 6.33. The molecule has 0 bridgehead atoms. The molecular weight excluding hydrogens is 376 g/mol. The van der Waals surface area contributed by atoms with Crippen LogP contribution in [0.4, 0.5) is 10.9 Å². The number of nitrogens with two attached hydrogens (primary N) is 1. The molecule has 2 aromatic rings. The van der Waals surface area contributed by atoms with E-state index in [0.717, 1.165) is 57.0 Å². The Balaban J connectivity index is 1.39. The predicted molar refractivity (Wildman–Crippen MR) is 109 cm³/mol. The summed E-state index contributed by atoms with van der Waals surface area (Å²) in [5.74, 6) is 0.157. The van der Waals surface area contributed by atoms with Crippen molar-refractivity contribution in [1.29, 1.82) is 0 Å². The van der Waals surface area contributed by atoms with E-state index in [1.807, 2.05) is 6.92 Å². The molecule has 2 amide bonds. The fourth-order valence-electron chi connectivity index (χ4n) is 3.90. The molecule has 0 aromatic carbocycles. The maximum absolute atomic E-state index is 12.8. The molecule has 8 nitrogen and oxygen atoms in total. The Bertz CT molecular complexity index is 876. The molecule has 2 aromatic heterocycles. The van der Waals surface area contributed by atoms with Crippen LogP contribution in [-0.4, -0.2) is 58.9 Å². The van der Waals surface area contributed by atoms with Gasteiger partial charge in [-0.1, -0.05) is 0 Å². The van der Waals surface area contributed by atoms with Crippen molar-refractivity contribution in [3.05, 3.63) is 34.5 Å². The molecule has 2 aliphatic rings. The SMILES string of the molecule is C[C@@H](C(=O)Nc1sc2c(c1C(N)=O)CCC2)N1CCN(c2ncccn2)CC1. The Morgan fingerprint density at radius 3 is 2.57 bits per heavy atom. The molecule has 4 rings (SSSR count). The monoisotopic (exact) mass is 400 g/mol. The maximum Gasteiger partial charge on any atom is 0.251 e. The zero-order chi connectivity index (χ0) is 19.7. The van der Waals surface area contributed by atoms with Crippen molar-refractivity contribution in [2.45, 2.75) is 32.2 Å². The predicted octanol–water partition coefficient (Wildman–Crippen LogP) is 1.27.